The zero-order valence-corrected chi connectivity index (χ0v) is 19.4. The van der Waals surface area contributed by atoms with Gasteiger partial charge < -0.3 is 10.1 Å². The van der Waals surface area contributed by atoms with Gasteiger partial charge in [0.2, 0.25) is 0 Å². The van der Waals surface area contributed by atoms with Gasteiger partial charge in [-0.15, -0.1) is 0 Å². The number of halogens is 1. The molecule has 0 saturated carbocycles. The van der Waals surface area contributed by atoms with E-state index in [1.54, 1.807) is 0 Å². The lowest BCUT2D eigenvalue weighted by molar-refractivity contribution is 0.0967. The fraction of sp³-hybridized carbons (Fsp3) is 0.536. The van der Waals surface area contributed by atoms with Crippen LogP contribution in [-0.2, 0) is 24.2 Å². The second-order valence-electron chi connectivity index (χ2n) is 10.1. The summed E-state index contributed by atoms with van der Waals surface area (Å²) in [5.74, 6) is 0.707. The molecule has 0 bridgehead atoms. The molecule has 0 aliphatic carbocycles. The van der Waals surface area contributed by atoms with Gasteiger partial charge in [-0.2, -0.15) is 0 Å². The van der Waals surface area contributed by atoms with E-state index in [4.69, 9.17) is 4.74 Å². The molecule has 0 spiro atoms. The quantitative estimate of drug-likeness (QED) is 0.459. The van der Waals surface area contributed by atoms with Crippen LogP contribution in [0.25, 0.3) is 0 Å². The van der Waals surface area contributed by atoms with E-state index in [0.29, 0.717) is 24.5 Å². The maximum atomic E-state index is 13.2. The lowest BCUT2D eigenvalue weighted by Gasteiger charge is -2.30. The Labute approximate surface area is 196 Å². The van der Waals surface area contributed by atoms with E-state index in [-0.39, 0.29) is 11.6 Å². The molecular formula is C28H35FN2O2. The Bertz CT molecular complexity index is 957. The molecule has 2 aromatic rings. The number of carbonyl (C=O) groups is 1. The van der Waals surface area contributed by atoms with Crippen LogP contribution in [0.3, 0.4) is 0 Å². The summed E-state index contributed by atoms with van der Waals surface area (Å²) in [5.41, 5.74) is 4.61. The number of nitrogens with one attached hydrogen (secondary N) is 1. The Balaban J connectivity index is 1.18. The molecule has 2 saturated heterocycles. The van der Waals surface area contributed by atoms with Gasteiger partial charge in [-0.05, 0) is 92.4 Å². The Morgan fingerprint density at radius 1 is 1.15 bits per heavy atom. The van der Waals surface area contributed by atoms with Crippen molar-refractivity contribution in [2.45, 2.75) is 70.2 Å². The third kappa shape index (κ3) is 6.28. The average Bonchev–Trinajstić information content (AvgIpc) is 3.65. The molecule has 4 nitrogen and oxygen atoms in total. The van der Waals surface area contributed by atoms with Crippen molar-refractivity contribution in [3.05, 3.63) is 70.5 Å². The monoisotopic (exact) mass is 450 g/mol. The van der Waals surface area contributed by atoms with Gasteiger partial charge in [0.1, 0.15) is 5.82 Å². The first-order chi connectivity index (χ1) is 16.1. The van der Waals surface area contributed by atoms with E-state index in [1.807, 2.05) is 18.2 Å². The number of epoxide rings is 1. The van der Waals surface area contributed by atoms with Crippen molar-refractivity contribution >= 4 is 5.78 Å². The first-order valence-corrected chi connectivity index (χ1v) is 12.6. The third-order valence-electron chi connectivity index (χ3n) is 7.49. The van der Waals surface area contributed by atoms with Crippen LogP contribution in [0, 0.1) is 11.7 Å². The molecular weight excluding hydrogens is 415 g/mol. The number of Topliss-reactive ketones (excluding diaryl/α,β-unsaturated/α-hetero) is 1. The minimum Gasteiger partial charge on any atom is -0.373 e. The summed E-state index contributed by atoms with van der Waals surface area (Å²) in [4.78, 5) is 15.5. The number of hydrogen-bond donors (Lipinski definition) is 1. The molecule has 5 heteroatoms. The first kappa shape index (κ1) is 22.7. The van der Waals surface area contributed by atoms with Crippen molar-refractivity contribution in [1.82, 2.24) is 10.2 Å². The van der Waals surface area contributed by atoms with Crippen LogP contribution < -0.4 is 5.32 Å². The van der Waals surface area contributed by atoms with Gasteiger partial charge >= 0.3 is 0 Å². The number of rotatable bonds is 8. The molecule has 3 aliphatic rings. The zero-order chi connectivity index (χ0) is 22.6. The van der Waals surface area contributed by atoms with Gasteiger partial charge in [-0.1, -0.05) is 24.3 Å². The number of aryl methyl sites for hydroxylation is 1. The maximum absolute atomic E-state index is 13.2. The van der Waals surface area contributed by atoms with Crippen molar-refractivity contribution in [3.8, 4) is 0 Å². The standard InChI is InChI=1S/C28H35FN2O2/c29-25-8-3-21(4-9-25)17-31-13-1-2-22-6-7-23(15-24(22)18-31)28(32)10-5-20-11-12-30-26(14-20)16-27-19-33-27/h3-4,6-9,15,20,26-27,30H,1-2,5,10-14,16-19H2. The highest BCUT2D eigenvalue weighted by atomic mass is 19.1. The molecule has 3 atom stereocenters. The number of benzene rings is 2. The second-order valence-corrected chi connectivity index (χ2v) is 10.1. The normalized spacial score (nSPS) is 25.3. The minimum atomic E-state index is -0.194. The van der Waals surface area contributed by atoms with Crippen LogP contribution in [-0.4, -0.2) is 42.5 Å². The molecule has 0 aromatic heterocycles. The van der Waals surface area contributed by atoms with E-state index < -0.39 is 0 Å². The zero-order valence-electron chi connectivity index (χ0n) is 19.4. The van der Waals surface area contributed by atoms with Crippen molar-refractivity contribution in [3.63, 3.8) is 0 Å². The third-order valence-corrected chi connectivity index (χ3v) is 7.49. The molecule has 3 heterocycles. The molecule has 5 rings (SSSR count). The average molecular weight is 451 g/mol. The van der Waals surface area contributed by atoms with E-state index >= 15 is 0 Å². The molecule has 2 fully saturated rings. The van der Waals surface area contributed by atoms with Crippen LogP contribution in [0.1, 0.15) is 65.6 Å². The molecule has 3 unspecified atom stereocenters. The number of nitrogens with zero attached hydrogens (tertiary/aromatic N) is 1. The lowest BCUT2D eigenvalue weighted by Crippen LogP contribution is -2.39. The summed E-state index contributed by atoms with van der Waals surface area (Å²) < 4.78 is 18.6. The fourth-order valence-corrected chi connectivity index (χ4v) is 5.52. The van der Waals surface area contributed by atoms with Crippen LogP contribution in [0.2, 0.25) is 0 Å². The van der Waals surface area contributed by atoms with Gasteiger partial charge in [-0.3, -0.25) is 9.69 Å². The molecule has 3 aliphatic heterocycles. The lowest BCUT2D eigenvalue weighted by atomic mass is 9.86. The predicted molar refractivity (Wildman–Crippen MR) is 128 cm³/mol. The smallest absolute Gasteiger partial charge is 0.162 e. The SMILES string of the molecule is O=C(CCC1CCNC(CC2CO2)C1)c1ccc2c(c1)CN(Cc1ccc(F)cc1)CCC2. The van der Waals surface area contributed by atoms with E-state index in [1.165, 1.54) is 23.3 Å². The van der Waals surface area contributed by atoms with Crippen molar-refractivity contribution < 1.29 is 13.9 Å². The number of piperidine rings is 1. The molecule has 176 valence electrons. The van der Waals surface area contributed by atoms with Crippen molar-refractivity contribution in [1.29, 1.82) is 0 Å². The molecule has 0 radical (unpaired) electrons. The number of carbonyl (C=O) groups excluding carboxylic acids is 1. The summed E-state index contributed by atoms with van der Waals surface area (Å²) in [6.07, 6.45) is 7.67. The second kappa shape index (κ2) is 10.5. The largest absolute Gasteiger partial charge is 0.373 e. The fourth-order valence-electron chi connectivity index (χ4n) is 5.52. The molecule has 33 heavy (non-hydrogen) atoms. The summed E-state index contributed by atoms with van der Waals surface area (Å²) in [7, 11) is 0. The summed E-state index contributed by atoms with van der Waals surface area (Å²) in [6, 6.07) is 13.7. The van der Waals surface area contributed by atoms with Gasteiger partial charge in [0, 0.05) is 31.1 Å². The number of ether oxygens (including phenoxy) is 1. The van der Waals surface area contributed by atoms with Crippen molar-refractivity contribution in [2.75, 3.05) is 19.7 Å². The number of hydrogen-bond acceptors (Lipinski definition) is 4. The Kier molecular flexibility index (Phi) is 7.19. The van der Waals surface area contributed by atoms with E-state index in [9.17, 15) is 9.18 Å². The summed E-state index contributed by atoms with van der Waals surface area (Å²) in [5, 5.41) is 3.62. The first-order valence-electron chi connectivity index (χ1n) is 12.6. The highest BCUT2D eigenvalue weighted by molar-refractivity contribution is 5.96. The molecule has 0 amide bonds. The van der Waals surface area contributed by atoms with Gasteiger partial charge in [0.25, 0.3) is 0 Å². The van der Waals surface area contributed by atoms with Crippen molar-refractivity contribution in [2.24, 2.45) is 5.92 Å². The Morgan fingerprint density at radius 3 is 2.82 bits per heavy atom. The van der Waals surface area contributed by atoms with Crippen LogP contribution in [0.4, 0.5) is 4.39 Å². The molecule has 2 aromatic carbocycles. The Morgan fingerprint density at radius 2 is 2.00 bits per heavy atom. The van der Waals surface area contributed by atoms with Gasteiger partial charge in [0.05, 0.1) is 12.7 Å². The van der Waals surface area contributed by atoms with Crippen LogP contribution in [0.15, 0.2) is 42.5 Å². The van der Waals surface area contributed by atoms with Gasteiger partial charge in [-0.25, -0.2) is 4.39 Å². The number of fused-ring (bicyclic) bond motifs is 1. The summed E-state index contributed by atoms with van der Waals surface area (Å²) >= 11 is 0. The highest BCUT2D eigenvalue weighted by Gasteiger charge is 2.30. The minimum absolute atomic E-state index is 0.194. The maximum Gasteiger partial charge on any atom is 0.162 e. The number of ketones is 1. The summed E-state index contributed by atoms with van der Waals surface area (Å²) in [6.45, 7) is 4.63. The van der Waals surface area contributed by atoms with Crippen LogP contribution in [0.5, 0.6) is 0 Å². The predicted octanol–water partition coefficient (Wildman–Crippen LogP) is 4.89. The van der Waals surface area contributed by atoms with E-state index in [2.05, 4.69) is 22.3 Å². The highest BCUT2D eigenvalue weighted by Crippen LogP contribution is 2.28. The topological polar surface area (TPSA) is 44.9 Å². The Hall–Kier alpha value is -2.08. The van der Waals surface area contributed by atoms with E-state index in [0.717, 1.165) is 82.4 Å². The van der Waals surface area contributed by atoms with Gasteiger partial charge in [0.15, 0.2) is 5.78 Å². The van der Waals surface area contributed by atoms with Crippen LogP contribution >= 0.6 is 0 Å². The molecule has 1 N–H and O–H groups in total.